The standard InChI is InChI=1S/C18H28N4O4/c1-3-13(2)22(12-17(24)25)18(26)14-9-19-21(10-14)11-16(23)20-15-7-5-4-6-8-15/h9-10,13,15H,3-8,11-12H2,1-2H3,(H,20,23)(H,24,25). The van der Waals surface area contributed by atoms with Gasteiger partial charge in [-0.1, -0.05) is 26.2 Å². The van der Waals surface area contributed by atoms with Crippen molar-refractivity contribution in [2.24, 2.45) is 0 Å². The molecule has 0 saturated heterocycles. The highest BCUT2D eigenvalue weighted by Gasteiger charge is 2.24. The van der Waals surface area contributed by atoms with E-state index in [2.05, 4.69) is 10.4 Å². The van der Waals surface area contributed by atoms with Gasteiger partial charge in [-0.15, -0.1) is 0 Å². The maximum Gasteiger partial charge on any atom is 0.323 e. The molecule has 26 heavy (non-hydrogen) atoms. The van der Waals surface area contributed by atoms with E-state index in [4.69, 9.17) is 5.11 Å². The number of aromatic nitrogens is 2. The number of amides is 2. The molecule has 0 radical (unpaired) electrons. The normalized spacial score (nSPS) is 16.1. The third-order valence-electron chi connectivity index (χ3n) is 4.85. The lowest BCUT2D eigenvalue weighted by Gasteiger charge is -2.26. The van der Waals surface area contributed by atoms with Gasteiger partial charge in [0, 0.05) is 18.3 Å². The number of hydrogen-bond acceptors (Lipinski definition) is 4. The highest BCUT2D eigenvalue weighted by Crippen LogP contribution is 2.17. The first-order valence-corrected chi connectivity index (χ1v) is 9.25. The van der Waals surface area contributed by atoms with E-state index < -0.39 is 5.97 Å². The molecular formula is C18H28N4O4. The van der Waals surface area contributed by atoms with Crippen LogP contribution >= 0.6 is 0 Å². The molecule has 2 amide bonds. The SMILES string of the molecule is CCC(C)N(CC(=O)O)C(=O)c1cnn(CC(=O)NC2CCCCC2)c1. The number of aliphatic carboxylic acids is 1. The Labute approximate surface area is 153 Å². The van der Waals surface area contributed by atoms with Crippen molar-refractivity contribution in [2.75, 3.05) is 6.54 Å². The lowest BCUT2D eigenvalue weighted by molar-refractivity contribution is -0.138. The molecule has 8 nitrogen and oxygen atoms in total. The lowest BCUT2D eigenvalue weighted by atomic mass is 9.95. The molecule has 0 bridgehead atoms. The summed E-state index contributed by atoms with van der Waals surface area (Å²) in [7, 11) is 0. The number of carbonyl (C=O) groups excluding carboxylic acids is 2. The Hall–Kier alpha value is -2.38. The number of carboxylic acid groups (broad SMARTS) is 1. The van der Waals surface area contributed by atoms with Crippen LogP contribution in [0.4, 0.5) is 0 Å². The predicted molar refractivity (Wildman–Crippen MR) is 95.7 cm³/mol. The Morgan fingerprint density at radius 3 is 2.65 bits per heavy atom. The molecule has 1 aliphatic carbocycles. The van der Waals surface area contributed by atoms with E-state index in [1.807, 2.05) is 13.8 Å². The fraction of sp³-hybridized carbons (Fsp3) is 0.667. The molecule has 1 fully saturated rings. The molecule has 1 heterocycles. The van der Waals surface area contributed by atoms with Crippen molar-refractivity contribution in [3.05, 3.63) is 18.0 Å². The van der Waals surface area contributed by atoms with Gasteiger partial charge >= 0.3 is 5.97 Å². The molecule has 0 aliphatic heterocycles. The van der Waals surface area contributed by atoms with Crippen molar-refractivity contribution in [3.63, 3.8) is 0 Å². The molecule has 1 aromatic heterocycles. The summed E-state index contributed by atoms with van der Waals surface area (Å²) in [4.78, 5) is 37.1. The quantitative estimate of drug-likeness (QED) is 0.730. The third-order valence-corrected chi connectivity index (χ3v) is 4.85. The summed E-state index contributed by atoms with van der Waals surface area (Å²) in [6.45, 7) is 3.39. The minimum Gasteiger partial charge on any atom is -0.480 e. The van der Waals surface area contributed by atoms with Crippen LogP contribution < -0.4 is 5.32 Å². The van der Waals surface area contributed by atoms with Gasteiger partial charge in [-0.25, -0.2) is 0 Å². The average molecular weight is 364 g/mol. The summed E-state index contributed by atoms with van der Waals surface area (Å²) in [6, 6.07) is 0.0286. The fourth-order valence-corrected chi connectivity index (χ4v) is 3.19. The van der Waals surface area contributed by atoms with Gasteiger partial charge in [0.05, 0.1) is 11.8 Å². The van der Waals surface area contributed by atoms with Crippen LogP contribution in [0.5, 0.6) is 0 Å². The predicted octanol–water partition coefficient (Wildman–Crippen LogP) is 1.66. The number of rotatable bonds is 8. The molecule has 1 aromatic rings. The molecule has 1 unspecified atom stereocenters. The van der Waals surface area contributed by atoms with E-state index in [0.717, 1.165) is 25.7 Å². The van der Waals surface area contributed by atoms with Crippen LogP contribution in [-0.2, 0) is 16.1 Å². The minimum absolute atomic E-state index is 0.0477. The minimum atomic E-state index is -1.06. The van der Waals surface area contributed by atoms with Crippen molar-refractivity contribution < 1.29 is 19.5 Å². The second kappa shape index (κ2) is 9.35. The second-order valence-corrected chi connectivity index (χ2v) is 6.91. The number of carbonyl (C=O) groups is 3. The zero-order valence-electron chi connectivity index (χ0n) is 15.5. The largest absolute Gasteiger partial charge is 0.480 e. The summed E-state index contributed by atoms with van der Waals surface area (Å²) in [5.74, 6) is -1.57. The number of nitrogens with zero attached hydrogens (tertiary/aromatic N) is 3. The van der Waals surface area contributed by atoms with Gasteiger partial charge in [0.25, 0.3) is 5.91 Å². The number of nitrogens with one attached hydrogen (secondary N) is 1. The van der Waals surface area contributed by atoms with Crippen molar-refractivity contribution >= 4 is 17.8 Å². The molecule has 1 saturated carbocycles. The maximum atomic E-state index is 12.6. The van der Waals surface area contributed by atoms with Gasteiger partial charge in [0.2, 0.25) is 5.91 Å². The molecular weight excluding hydrogens is 336 g/mol. The third kappa shape index (κ3) is 5.57. The smallest absolute Gasteiger partial charge is 0.323 e. The molecule has 0 spiro atoms. The molecule has 1 aliphatic rings. The Kier molecular flexibility index (Phi) is 7.17. The van der Waals surface area contributed by atoms with Crippen LogP contribution in [0.1, 0.15) is 62.7 Å². The van der Waals surface area contributed by atoms with Gasteiger partial charge < -0.3 is 15.3 Å². The summed E-state index contributed by atoms with van der Waals surface area (Å²) in [5.41, 5.74) is 0.289. The molecule has 1 atom stereocenters. The molecule has 144 valence electrons. The molecule has 2 N–H and O–H groups in total. The number of hydrogen-bond donors (Lipinski definition) is 2. The van der Waals surface area contributed by atoms with Gasteiger partial charge in [-0.05, 0) is 26.2 Å². The Morgan fingerprint density at radius 1 is 1.35 bits per heavy atom. The Bertz CT molecular complexity index is 637. The fourth-order valence-electron chi connectivity index (χ4n) is 3.19. The highest BCUT2D eigenvalue weighted by atomic mass is 16.4. The topological polar surface area (TPSA) is 105 Å². The van der Waals surface area contributed by atoms with Crippen LogP contribution in [-0.4, -0.2) is 56.2 Å². The van der Waals surface area contributed by atoms with Gasteiger partial charge in [0.15, 0.2) is 0 Å². The van der Waals surface area contributed by atoms with E-state index in [9.17, 15) is 14.4 Å². The zero-order chi connectivity index (χ0) is 19.1. The average Bonchev–Trinajstić information content (AvgIpc) is 3.07. The van der Waals surface area contributed by atoms with Crippen LogP contribution in [0, 0.1) is 0 Å². The second-order valence-electron chi connectivity index (χ2n) is 6.91. The molecule has 0 aromatic carbocycles. The summed E-state index contributed by atoms with van der Waals surface area (Å²) >= 11 is 0. The van der Waals surface area contributed by atoms with Crippen LogP contribution in [0.2, 0.25) is 0 Å². The highest BCUT2D eigenvalue weighted by molar-refractivity contribution is 5.95. The van der Waals surface area contributed by atoms with Gasteiger partial charge in [-0.3, -0.25) is 19.1 Å². The first kappa shape index (κ1) is 19.9. The van der Waals surface area contributed by atoms with E-state index in [1.165, 1.54) is 28.4 Å². The van der Waals surface area contributed by atoms with Crippen molar-refractivity contribution in [1.82, 2.24) is 20.0 Å². The molecule has 2 rings (SSSR count). The first-order chi connectivity index (χ1) is 12.4. The maximum absolute atomic E-state index is 12.6. The van der Waals surface area contributed by atoms with E-state index in [-0.39, 0.29) is 42.6 Å². The molecule has 8 heteroatoms. The Morgan fingerprint density at radius 2 is 2.04 bits per heavy atom. The monoisotopic (exact) mass is 364 g/mol. The number of carboxylic acids is 1. The van der Waals surface area contributed by atoms with E-state index in [1.54, 1.807) is 0 Å². The summed E-state index contributed by atoms with van der Waals surface area (Å²) in [6.07, 6.45) is 9.05. The van der Waals surface area contributed by atoms with Crippen LogP contribution in [0.3, 0.4) is 0 Å². The van der Waals surface area contributed by atoms with Crippen molar-refractivity contribution in [1.29, 1.82) is 0 Å². The Balaban J connectivity index is 1.97. The van der Waals surface area contributed by atoms with Crippen LogP contribution in [0.25, 0.3) is 0 Å². The lowest BCUT2D eigenvalue weighted by Crippen LogP contribution is -2.41. The summed E-state index contributed by atoms with van der Waals surface area (Å²) in [5, 5.41) is 16.1. The first-order valence-electron chi connectivity index (χ1n) is 9.25. The van der Waals surface area contributed by atoms with Crippen molar-refractivity contribution in [2.45, 2.75) is 71.0 Å². The van der Waals surface area contributed by atoms with Gasteiger partial charge in [-0.2, -0.15) is 5.10 Å². The zero-order valence-corrected chi connectivity index (χ0v) is 15.5. The van der Waals surface area contributed by atoms with E-state index >= 15 is 0 Å². The van der Waals surface area contributed by atoms with Crippen LogP contribution in [0.15, 0.2) is 12.4 Å². The summed E-state index contributed by atoms with van der Waals surface area (Å²) < 4.78 is 1.42. The van der Waals surface area contributed by atoms with E-state index in [0.29, 0.717) is 6.42 Å². The van der Waals surface area contributed by atoms with Crippen molar-refractivity contribution in [3.8, 4) is 0 Å². The van der Waals surface area contributed by atoms with Gasteiger partial charge in [0.1, 0.15) is 13.1 Å².